The Morgan fingerprint density at radius 2 is 2.40 bits per heavy atom. The molecule has 15 heavy (non-hydrogen) atoms. The van der Waals surface area contributed by atoms with Crippen molar-refractivity contribution >= 4 is 22.9 Å². The molecule has 0 fully saturated rings. The quantitative estimate of drug-likeness (QED) is 0.808. The number of rotatable bonds is 2. The molecule has 2 aromatic heterocycles. The topological polar surface area (TPSA) is 34.9 Å². The van der Waals surface area contributed by atoms with Gasteiger partial charge in [0.05, 0.1) is 17.8 Å². The first-order valence-electron chi connectivity index (χ1n) is 4.42. The minimum atomic E-state index is -0.271. The van der Waals surface area contributed by atoms with Gasteiger partial charge in [0.25, 0.3) is 0 Å². The van der Waals surface area contributed by atoms with Crippen LogP contribution < -0.4 is 5.69 Å². The summed E-state index contributed by atoms with van der Waals surface area (Å²) in [4.78, 5) is 16.2. The van der Waals surface area contributed by atoms with Crippen molar-refractivity contribution in [3.63, 3.8) is 0 Å². The zero-order chi connectivity index (χ0) is 10.8. The van der Waals surface area contributed by atoms with E-state index in [2.05, 4.69) is 4.98 Å². The molecule has 5 heteroatoms. The number of aromatic nitrogens is 2. The van der Waals surface area contributed by atoms with Gasteiger partial charge in [-0.1, -0.05) is 11.6 Å². The van der Waals surface area contributed by atoms with Crippen LogP contribution in [0.5, 0.6) is 0 Å². The third kappa shape index (κ3) is 2.27. The van der Waals surface area contributed by atoms with Gasteiger partial charge < -0.3 is 0 Å². The smallest absolute Gasteiger partial charge is 0.292 e. The van der Waals surface area contributed by atoms with Gasteiger partial charge >= 0.3 is 5.69 Å². The molecule has 0 radical (unpaired) electrons. The van der Waals surface area contributed by atoms with Crippen LogP contribution in [-0.4, -0.2) is 9.55 Å². The van der Waals surface area contributed by atoms with Crippen LogP contribution in [0, 0.1) is 6.92 Å². The molecule has 0 aromatic carbocycles. The molecule has 0 saturated heterocycles. The molecule has 0 aliphatic carbocycles. The number of nitrogens with zero attached hydrogens (tertiary/aromatic N) is 2. The van der Waals surface area contributed by atoms with Crippen molar-refractivity contribution in [1.82, 2.24) is 9.55 Å². The van der Waals surface area contributed by atoms with Gasteiger partial charge in [-0.05, 0) is 23.9 Å². The van der Waals surface area contributed by atoms with Crippen LogP contribution in [0.4, 0.5) is 0 Å². The highest BCUT2D eigenvalue weighted by Crippen LogP contribution is 2.16. The Kier molecular flexibility index (Phi) is 2.88. The van der Waals surface area contributed by atoms with Crippen LogP contribution in [0.1, 0.15) is 10.4 Å². The number of hydrogen-bond donors (Lipinski definition) is 0. The van der Waals surface area contributed by atoms with Gasteiger partial charge in [-0.25, -0.2) is 9.78 Å². The highest BCUT2D eigenvalue weighted by Gasteiger charge is 2.03. The summed E-state index contributed by atoms with van der Waals surface area (Å²) in [6.45, 7) is 2.56. The van der Waals surface area contributed by atoms with Crippen LogP contribution in [0.25, 0.3) is 0 Å². The summed E-state index contributed by atoms with van der Waals surface area (Å²) < 4.78 is 1.52. The van der Waals surface area contributed by atoms with Crippen LogP contribution in [-0.2, 0) is 6.54 Å². The van der Waals surface area contributed by atoms with E-state index >= 15 is 0 Å². The van der Waals surface area contributed by atoms with Gasteiger partial charge in [-0.3, -0.25) is 4.57 Å². The molecule has 0 aliphatic heterocycles. The Morgan fingerprint density at radius 1 is 1.60 bits per heavy atom. The molecular formula is C10H9ClN2OS. The molecule has 0 unspecified atom stereocenters. The largest absolute Gasteiger partial charge is 0.347 e. The van der Waals surface area contributed by atoms with E-state index in [4.69, 9.17) is 11.6 Å². The molecule has 0 saturated carbocycles. The summed E-state index contributed by atoms with van der Waals surface area (Å²) in [7, 11) is 0. The van der Waals surface area contributed by atoms with Crippen LogP contribution in [0.3, 0.4) is 0 Å². The Morgan fingerprint density at radius 3 is 3.07 bits per heavy atom. The van der Waals surface area contributed by atoms with Crippen molar-refractivity contribution in [2.75, 3.05) is 0 Å². The maximum Gasteiger partial charge on any atom is 0.347 e. The SMILES string of the molecule is Cc1ccsc1Cn1cc(Cl)cnc1=O. The van der Waals surface area contributed by atoms with E-state index in [-0.39, 0.29) is 5.69 Å². The van der Waals surface area contributed by atoms with Crippen molar-refractivity contribution in [2.24, 2.45) is 0 Å². The normalized spacial score (nSPS) is 10.5. The minimum Gasteiger partial charge on any atom is -0.292 e. The molecular weight excluding hydrogens is 232 g/mol. The maximum absolute atomic E-state index is 11.4. The summed E-state index contributed by atoms with van der Waals surface area (Å²) in [5.41, 5.74) is 0.916. The van der Waals surface area contributed by atoms with E-state index < -0.39 is 0 Å². The van der Waals surface area contributed by atoms with Crippen molar-refractivity contribution in [3.05, 3.63) is 49.8 Å². The van der Waals surface area contributed by atoms with Crippen molar-refractivity contribution < 1.29 is 0 Å². The van der Waals surface area contributed by atoms with E-state index in [0.717, 1.165) is 4.88 Å². The van der Waals surface area contributed by atoms with E-state index in [0.29, 0.717) is 11.6 Å². The fourth-order valence-corrected chi connectivity index (χ4v) is 2.33. The highest BCUT2D eigenvalue weighted by molar-refractivity contribution is 7.10. The summed E-state index contributed by atoms with van der Waals surface area (Å²) in [6, 6.07) is 2.03. The molecule has 2 heterocycles. The van der Waals surface area contributed by atoms with Crippen LogP contribution in [0.15, 0.2) is 28.6 Å². The van der Waals surface area contributed by atoms with Crippen LogP contribution in [0.2, 0.25) is 5.02 Å². The second-order valence-corrected chi connectivity index (χ2v) is 4.65. The molecule has 0 bridgehead atoms. The average Bonchev–Trinajstić information content (AvgIpc) is 2.58. The zero-order valence-corrected chi connectivity index (χ0v) is 9.68. The first kappa shape index (κ1) is 10.4. The van der Waals surface area contributed by atoms with E-state index in [1.807, 2.05) is 18.4 Å². The Bertz CT molecular complexity index is 532. The monoisotopic (exact) mass is 240 g/mol. The predicted molar refractivity (Wildman–Crippen MR) is 61.7 cm³/mol. The van der Waals surface area contributed by atoms with Gasteiger partial charge in [-0.2, -0.15) is 0 Å². The third-order valence-corrected chi connectivity index (χ3v) is 3.31. The zero-order valence-electron chi connectivity index (χ0n) is 8.11. The van der Waals surface area contributed by atoms with Crippen molar-refractivity contribution in [1.29, 1.82) is 0 Å². The highest BCUT2D eigenvalue weighted by atomic mass is 35.5. The van der Waals surface area contributed by atoms with Gasteiger partial charge in [0.2, 0.25) is 0 Å². The second kappa shape index (κ2) is 4.16. The van der Waals surface area contributed by atoms with Gasteiger partial charge in [-0.15, -0.1) is 11.3 Å². The molecule has 0 amide bonds. The molecule has 3 nitrogen and oxygen atoms in total. The molecule has 0 spiro atoms. The van der Waals surface area contributed by atoms with Crippen molar-refractivity contribution in [2.45, 2.75) is 13.5 Å². The average molecular weight is 241 g/mol. The fourth-order valence-electron chi connectivity index (χ4n) is 1.26. The number of hydrogen-bond acceptors (Lipinski definition) is 3. The number of thiophene rings is 1. The fraction of sp³-hybridized carbons (Fsp3) is 0.200. The Balaban J connectivity index is 2.36. The lowest BCUT2D eigenvalue weighted by molar-refractivity contribution is 0.733. The summed E-state index contributed by atoms with van der Waals surface area (Å²) in [6.07, 6.45) is 2.97. The van der Waals surface area contributed by atoms with E-state index in [1.54, 1.807) is 17.5 Å². The van der Waals surface area contributed by atoms with Crippen molar-refractivity contribution in [3.8, 4) is 0 Å². The first-order valence-corrected chi connectivity index (χ1v) is 5.67. The minimum absolute atomic E-state index is 0.271. The Labute approximate surface area is 96.0 Å². The summed E-state index contributed by atoms with van der Waals surface area (Å²) in [5.74, 6) is 0. The second-order valence-electron chi connectivity index (χ2n) is 3.21. The lowest BCUT2D eigenvalue weighted by atomic mass is 10.3. The molecule has 0 aliphatic rings. The Hall–Kier alpha value is -1.13. The lowest BCUT2D eigenvalue weighted by Crippen LogP contribution is -2.22. The molecule has 0 atom stereocenters. The molecule has 0 N–H and O–H groups in total. The standard InChI is InChI=1S/C10H9ClN2OS/c1-7-2-3-15-9(7)6-13-5-8(11)4-12-10(13)14/h2-5H,6H2,1H3. The molecule has 2 aromatic rings. The van der Waals surface area contributed by atoms with E-state index in [1.165, 1.54) is 16.3 Å². The first-order chi connectivity index (χ1) is 7.16. The van der Waals surface area contributed by atoms with Gasteiger partial charge in [0.15, 0.2) is 0 Å². The predicted octanol–water partition coefficient (Wildman–Crippen LogP) is 2.31. The third-order valence-electron chi connectivity index (χ3n) is 2.11. The summed E-state index contributed by atoms with van der Waals surface area (Å²) >= 11 is 7.41. The van der Waals surface area contributed by atoms with Gasteiger partial charge in [0.1, 0.15) is 0 Å². The molecule has 78 valence electrons. The summed E-state index contributed by atoms with van der Waals surface area (Å²) in [5, 5.41) is 2.48. The lowest BCUT2D eigenvalue weighted by Gasteiger charge is -2.03. The van der Waals surface area contributed by atoms with Gasteiger partial charge in [0, 0.05) is 11.1 Å². The maximum atomic E-state index is 11.4. The number of halogens is 1. The van der Waals surface area contributed by atoms with E-state index in [9.17, 15) is 4.79 Å². The molecule has 2 rings (SSSR count). The number of aryl methyl sites for hydroxylation is 1. The van der Waals surface area contributed by atoms with Crippen LogP contribution >= 0.6 is 22.9 Å².